The number of phosphoric acid groups is 2. The van der Waals surface area contributed by atoms with Crippen molar-refractivity contribution in [3.8, 4) is 0 Å². The van der Waals surface area contributed by atoms with Gasteiger partial charge in [0.05, 0.1) is 26.4 Å². The molecule has 0 aromatic rings. The van der Waals surface area contributed by atoms with E-state index in [4.69, 9.17) is 37.0 Å². The van der Waals surface area contributed by atoms with Gasteiger partial charge in [0.25, 0.3) is 0 Å². The molecule has 92 heavy (non-hydrogen) atoms. The molecule has 0 amide bonds. The molecule has 19 heteroatoms. The average Bonchev–Trinajstić information content (AvgIpc) is 1.82. The fourth-order valence-electron chi connectivity index (χ4n) is 11.1. The molecule has 0 aliphatic heterocycles. The Labute approximate surface area is 562 Å². The standard InChI is InChI=1S/C73H142O17P2/c1-6-10-13-16-19-21-23-25-27-28-29-30-31-33-35-37-43-48-53-58-72(77)89-69(63-84-71(76)57-52-47-42-36-34-32-26-24-22-20-17-14-11-7-2)65-88-92(81,82)86-61-67(74)60-85-91(79,80)87-64-68(62-83-70(75)56-51-46-40-18-15-12-8-3)90-73(78)59-54-49-44-39-38-41-45-50-55-66(5)9-4/h66-69,74H,6-65H2,1-5H3,(H,79,80)(H,81,82)/t66?,67-,68+,69+/m0/s1. The zero-order valence-electron chi connectivity index (χ0n) is 59.7. The van der Waals surface area contributed by atoms with Crippen LogP contribution in [0.2, 0.25) is 0 Å². The number of aliphatic hydroxyl groups is 1. The number of unbranched alkanes of at least 4 members (excludes halogenated alkanes) is 44. The lowest BCUT2D eigenvalue weighted by molar-refractivity contribution is -0.161. The fourth-order valence-corrected chi connectivity index (χ4v) is 12.7. The van der Waals surface area contributed by atoms with Crippen LogP contribution in [0, 0.1) is 5.92 Å². The van der Waals surface area contributed by atoms with Crippen molar-refractivity contribution in [3.05, 3.63) is 0 Å². The lowest BCUT2D eigenvalue weighted by Crippen LogP contribution is -2.30. The third-order valence-corrected chi connectivity index (χ3v) is 19.3. The summed E-state index contributed by atoms with van der Waals surface area (Å²) in [5.74, 6) is -1.35. The lowest BCUT2D eigenvalue weighted by Gasteiger charge is -2.21. The minimum Gasteiger partial charge on any atom is -0.462 e. The highest BCUT2D eigenvalue weighted by atomic mass is 31.2. The first-order valence-electron chi connectivity index (χ1n) is 38.2. The average molecular weight is 1350 g/mol. The van der Waals surface area contributed by atoms with E-state index >= 15 is 0 Å². The van der Waals surface area contributed by atoms with Crippen molar-refractivity contribution in [2.24, 2.45) is 5.92 Å². The van der Waals surface area contributed by atoms with Crippen LogP contribution in [0.3, 0.4) is 0 Å². The predicted octanol–water partition coefficient (Wildman–Crippen LogP) is 21.3. The quantitative estimate of drug-likeness (QED) is 0.0222. The van der Waals surface area contributed by atoms with Gasteiger partial charge < -0.3 is 33.8 Å². The van der Waals surface area contributed by atoms with Gasteiger partial charge in [0.1, 0.15) is 19.3 Å². The molecule has 6 atom stereocenters. The number of rotatable bonds is 73. The molecule has 0 aromatic carbocycles. The number of phosphoric ester groups is 2. The molecule has 0 aromatic heterocycles. The highest BCUT2D eigenvalue weighted by Crippen LogP contribution is 2.45. The summed E-state index contributed by atoms with van der Waals surface area (Å²) in [4.78, 5) is 72.5. The molecule has 0 spiro atoms. The Balaban J connectivity index is 5.19. The summed E-state index contributed by atoms with van der Waals surface area (Å²) in [5, 5.41) is 10.6. The minimum atomic E-state index is -4.95. The third-order valence-electron chi connectivity index (χ3n) is 17.4. The van der Waals surface area contributed by atoms with Gasteiger partial charge in [0.15, 0.2) is 12.2 Å². The Kier molecular flexibility index (Phi) is 64.9. The Hall–Kier alpha value is -1.94. The summed E-state index contributed by atoms with van der Waals surface area (Å²) < 4.78 is 68.3. The van der Waals surface area contributed by atoms with Crippen molar-refractivity contribution < 1.29 is 80.2 Å². The Bertz CT molecular complexity index is 1770. The van der Waals surface area contributed by atoms with Crippen LogP contribution < -0.4 is 0 Å². The van der Waals surface area contributed by atoms with Gasteiger partial charge in [0, 0.05) is 25.7 Å². The second kappa shape index (κ2) is 66.3. The van der Waals surface area contributed by atoms with E-state index in [2.05, 4.69) is 34.6 Å². The van der Waals surface area contributed by atoms with E-state index in [1.807, 2.05) is 0 Å². The van der Waals surface area contributed by atoms with Crippen LogP contribution in [0.1, 0.15) is 381 Å². The van der Waals surface area contributed by atoms with Gasteiger partial charge in [-0.15, -0.1) is 0 Å². The summed E-state index contributed by atoms with van der Waals surface area (Å²) in [6, 6.07) is 0. The number of ether oxygens (including phenoxy) is 4. The maximum Gasteiger partial charge on any atom is 0.472 e. The summed E-state index contributed by atoms with van der Waals surface area (Å²) in [7, 11) is -9.90. The zero-order chi connectivity index (χ0) is 67.7. The highest BCUT2D eigenvalue weighted by molar-refractivity contribution is 7.47. The van der Waals surface area contributed by atoms with E-state index in [0.717, 1.165) is 109 Å². The van der Waals surface area contributed by atoms with E-state index < -0.39 is 97.5 Å². The topological polar surface area (TPSA) is 237 Å². The van der Waals surface area contributed by atoms with Gasteiger partial charge in [-0.3, -0.25) is 37.3 Å². The van der Waals surface area contributed by atoms with Gasteiger partial charge in [-0.05, 0) is 31.6 Å². The van der Waals surface area contributed by atoms with Crippen LogP contribution in [-0.2, 0) is 65.4 Å². The van der Waals surface area contributed by atoms with Crippen LogP contribution in [0.25, 0.3) is 0 Å². The van der Waals surface area contributed by atoms with Crippen molar-refractivity contribution in [1.29, 1.82) is 0 Å². The number of aliphatic hydroxyl groups excluding tert-OH is 1. The molecule has 3 unspecified atom stereocenters. The predicted molar refractivity (Wildman–Crippen MR) is 372 cm³/mol. The molecular formula is C73H142O17P2. The van der Waals surface area contributed by atoms with Crippen molar-refractivity contribution in [2.45, 2.75) is 400 Å². The summed E-state index contributed by atoms with van der Waals surface area (Å²) >= 11 is 0. The molecule has 0 bridgehead atoms. The smallest absolute Gasteiger partial charge is 0.462 e. The second-order valence-corrected chi connectivity index (χ2v) is 29.5. The van der Waals surface area contributed by atoms with E-state index in [-0.39, 0.29) is 25.7 Å². The van der Waals surface area contributed by atoms with Gasteiger partial charge >= 0.3 is 39.5 Å². The lowest BCUT2D eigenvalue weighted by atomic mass is 9.99. The molecule has 3 N–H and O–H groups in total. The first-order chi connectivity index (χ1) is 44.6. The van der Waals surface area contributed by atoms with Crippen molar-refractivity contribution in [3.63, 3.8) is 0 Å². The minimum absolute atomic E-state index is 0.105. The van der Waals surface area contributed by atoms with Gasteiger partial charge in [-0.2, -0.15) is 0 Å². The van der Waals surface area contributed by atoms with Crippen molar-refractivity contribution in [1.82, 2.24) is 0 Å². The van der Waals surface area contributed by atoms with E-state index in [1.165, 1.54) is 193 Å². The molecule has 17 nitrogen and oxygen atoms in total. The number of esters is 4. The van der Waals surface area contributed by atoms with Crippen LogP contribution >= 0.6 is 15.6 Å². The Morgan fingerprint density at radius 2 is 0.522 bits per heavy atom. The SMILES string of the molecule is CCCCCCCCCCCCCCCCCCCCCC(=O)O[C@H](COC(=O)CCCCCCCCCCCCCCCC)COP(=O)(O)OC[C@@H](O)COP(=O)(O)OC[C@@H](COC(=O)CCCCCCCCC)OC(=O)CCCCCCCCCCC(C)CC. The molecule has 0 saturated carbocycles. The maximum absolute atomic E-state index is 13.1. The number of hydrogen-bond acceptors (Lipinski definition) is 15. The van der Waals surface area contributed by atoms with E-state index in [1.54, 1.807) is 0 Å². The highest BCUT2D eigenvalue weighted by Gasteiger charge is 2.30. The first kappa shape index (κ1) is 90.1. The maximum atomic E-state index is 13.1. The summed E-state index contributed by atoms with van der Waals surface area (Å²) in [6.45, 7) is 7.23. The molecule has 0 aliphatic rings. The number of carbonyl (C=O) groups is 4. The van der Waals surface area contributed by atoms with Crippen LogP contribution in [-0.4, -0.2) is 96.7 Å². The Morgan fingerprint density at radius 3 is 0.772 bits per heavy atom. The normalized spacial score (nSPS) is 14.3. The third kappa shape index (κ3) is 65.4. The molecule has 0 aliphatic carbocycles. The van der Waals surface area contributed by atoms with Crippen molar-refractivity contribution >= 4 is 39.5 Å². The first-order valence-corrected chi connectivity index (χ1v) is 41.2. The van der Waals surface area contributed by atoms with Crippen LogP contribution in [0.5, 0.6) is 0 Å². The Morgan fingerprint density at radius 1 is 0.304 bits per heavy atom. The van der Waals surface area contributed by atoms with Crippen molar-refractivity contribution in [2.75, 3.05) is 39.6 Å². The summed E-state index contributed by atoms with van der Waals surface area (Å²) in [6.07, 6.45) is 54.2. The molecule has 546 valence electrons. The fraction of sp³-hybridized carbons (Fsp3) is 0.945. The van der Waals surface area contributed by atoms with E-state index in [0.29, 0.717) is 25.7 Å². The monoisotopic (exact) mass is 1350 g/mol. The zero-order valence-corrected chi connectivity index (χ0v) is 61.5. The van der Waals surface area contributed by atoms with Gasteiger partial charge in [-0.25, -0.2) is 9.13 Å². The molecule has 0 fully saturated rings. The molecule has 0 saturated heterocycles. The largest absolute Gasteiger partial charge is 0.472 e. The number of carbonyl (C=O) groups excluding carboxylic acids is 4. The number of hydrogen-bond donors (Lipinski definition) is 3. The van der Waals surface area contributed by atoms with Crippen LogP contribution in [0.15, 0.2) is 0 Å². The van der Waals surface area contributed by atoms with Gasteiger partial charge in [0.2, 0.25) is 0 Å². The molecular weight excluding hydrogens is 1210 g/mol. The summed E-state index contributed by atoms with van der Waals surface area (Å²) in [5.41, 5.74) is 0. The molecule has 0 heterocycles. The molecule has 0 rings (SSSR count). The van der Waals surface area contributed by atoms with Crippen LogP contribution in [0.4, 0.5) is 0 Å². The van der Waals surface area contributed by atoms with Gasteiger partial charge in [-0.1, -0.05) is 330 Å². The second-order valence-electron chi connectivity index (χ2n) is 26.6. The van der Waals surface area contributed by atoms with E-state index in [9.17, 15) is 43.2 Å². The molecule has 0 radical (unpaired) electrons.